The summed E-state index contributed by atoms with van der Waals surface area (Å²) in [5.74, 6) is 0.0670. The number of carbonyl (C=O) groups is 1. The third-order valence-corrected chi connectivity index (χ3v) is 1.88. The van der Waals surface area contributed by atoms with E-state index in [4.69, 9.17) is 5.11 Å². The number of aryl methyl sites for hydroxylation is 1. The Morgan fingerprint density at radius 2 is 2.27 bits per heavy atom. The molecule has 0 unspecified atom stereocenters. The first kappa shape index (κ1) is 11.3. The van der Waals surface area contributed by atoms with Crippen molar-refractivity contribution in [3.05, 3.63) is 28.2 Å². The largest absolute Gasteiger partial charge is 0.511 e. The molecule has 0 amide bonds. The molecule has 5 heteroatoms. The zero-order chi connectivity index (χ0) is 11.3. The van der Waals surface area contributed by atoms with Crippen LogP contribution in [0, 0.1) is 0 Å². The van der Waals surface area contributed by atoms with Crippen LogP contribution in [0.1, 0.15) is 25.5 Å². The molecule has 0 spiro atoms. The van der Waals surface area contributed by atoms with Gasteiger partial charge in [-0.2, -0.15) is 0 Å². The highest BCUT2D eigenvalue weighted by molar-refractivity contribution is 5.61. The summed E-state index contributed by atoms with van der Waals surface area (Å²) in [6.07, 6.45) is 1.24. The van der Waals surface area contributed by atoms with Gasteiger partial charge < -0.3 is 14.8 Å². The molecule has 0 aliphatic carbocycles. The first-order valence-corrected chi connectivity index (χ1v) is 4.76. The van der Waals surface area contributed by atoms with Crippen molar-refractivity contribution in [2.45, 2.75) is 26.2 Å². The number of H-pyrrole nitrogens is 1. The summed E-state index contributed by atoms with van der Waals surface area (Å²) in [7, 11) is 0. The van der Waals surface area contributed by atoms with Gasteiger partial charge in [0.2, 0.25) is 0 Å². The minimum atomic E-state index is -1.41. The van der Waals surface area contributed by atoms with Crippen LogP contribution in [0.3, 0.4) is 0 Å². The van der Waals surface area contributed by atoms with Gasteiger partial charge >= 0.3 is 6.16 Å². The zero-order valence-electron chi connectivity index (χ0n) is 8.45. The van der Waals surface area contributed by atoms with Gasteiger partial charge in [0.05, 0.1) is 0 Å². The molecule has 1 rings (SSSR count). The van der Waals surface area contributed by atoms with Crippen molar-refractivity contribution in [1.29, 1.82) is 0 Å². The third kappa shape index (κ3) is 3.84. The molecular formula is C10H13NO4. The number of rotatable bonds is 4. The minimum absolute atomic E-state index is 0.0670. The van der Waals surface area contributed by atoms with Crippen LogP contribution in [-0.2, 0) is 6.42 Å². The Balaban J connectivity index is 2.84. The van der Waals surface area contributed by atoms with Crippen LogP contribution in [0.15, 0.2) is 16.9 Å². The number of pyridine rings is 1. The highest BCUT2D eigenvalue weighted by atomic mass is 16.7. The van der Waals surface area contributed by atoms with Crippen molar-refractivity contribution in [1.82, 2.24) is 4.98 Å². The number of hydrogen-bond acceptors (Lipinski definition) is 3. The molecular weight excluding hydrogens is 198 g/mol. The van der Waals surface area contributed by atoms with Gasteiger partial charge in [-0.15, -0.1) is 0 Å². The Hall–Kier alpha value is -1.78. The molecule has 0 saturated carbocycles. The summed E-state index contributed by atoms with van der Waals surface area (Å²) >= 11 is 0. The molecule has 0 fully saturated rings. The van der Waals surface area contributed by atoms with E-state index in [0.29, 0.717) is 12.1 Å². The van der Waals surface area contributed by atoms with Gasteiger partial charge in [0.15, 0.2) is 0 Å². The van der Waals surface area contributed by atoms with Gasteiger partial charge in [0, 0.05) is 17.8 Å². The molecule has 1 aromatic rings. The second kappa shape index (κ2) is 5.19. The number of ether oxygens (including phenoxy) is 1. The van der Waals surface area contributed by atoms with Gasteiger partial charge in [0.25, 0.3) is 5.56 Å². The van der Waals surface area contributed by atoms with Crippen molar-refractivity contribution in [3.63, 3.8) is 0 Å². The number of carboxylic acid groups (broad SMARTS) is 1. The SMILES string of the molecule is CCCCc1cc(OC(=O)O)cc(=O)[nH]1. The first-order chi connectivity index (χ1) is 7.11. The normalized spacial score (nSPS) is 9.93. The highest BCUT2D eigenvalue weighted by Gasteiger charge is 2.04. The maximum Gasteiger partial charge on any atom is 0.511 e. The molecule has 0 atom stereocenters. The van der Waals surface area contributed by atoms with E-state index < -0.39 is 6.16 Å². The van der Waals surface area contributed by atoms with Crippen molar-refractivity contribution in [2.75, 3.05) is 0 Å². The van der Waals surface area contributed by atoms with E-state index in [9.17, 15) is 9.59 Å². The average Bonchev–Trinajstić information content (AvgIpc) is 2.12. The quantitative estimate of drug-likeness (QED) is 0.744. The van der Waals surface area contributed by atoms with E-state index in [1.165, 1.54) is 6.07 Å². The van der Waals surface area contributed by atoms with E-state index >= 15 is 0 Å². The minimum Gasteiger partial charge on any atom is -0.449 e. The van der Waals surface area contributed by atoms with Crippen LogP contribution in [0.4, 0.5) is 4.79 Å². The number of unbranched alkanes of at least 4 members (excludes halogenated alkanes) is 1. The number of hydrogen-bond donors (Lipinski definition) is 2. The van der Waals surface area contributed by atoms with Crippen LogP contribution in [0.5, 0.6) is 5.75 Å². The summed E-state index contributed by atoms with van der Waals surface area (Å²) in [6.45, 7) is 2.04. The Bertz CT molecular complexity index is 397. The number of aromatic amines is 1. The molecule has 0 saturated heterocycles. The van der Waals surface area contributed by atoms with Crippen LogP contribution < -0.4 is 10.3 Å². The molecule has 0 aliphatic rings. The standard InChI is InChI=1S/C10H13NO4/c1-2-3-4-7-5-8(15-10(13)14)6-9(12)11-7/h5-6H,2-4H2,1H3,(H,11,12)(H,13,14). The Labute approximate surface area is 86.7 Å². The Kier molecular flexibility index (Phi) is 3.91. The van der Waals surface area contributed by atoms with Crippen LogP contribution in [0.2, 0.25) is 0 Å². The lowest BCUT2D eigenvalue weighted by molar-refractivity contribution is 0.144. The van der Waals surface area contributed by atoms with E-state index in [1.54, 1.807) is 0 Å². The second-order valence-corrected chi connectivity index (χ2v) is 3.18. The molecule has 5 nitrogen and oxygen atoms in total. The fourth-order valence-corrected chi connectivity index (χ4v) is 1.23. The Morgan fingerprint density at radius 3 is 2.87 bits per heavy atom. The third-order valence-electron chi connectivity index (χ3n) is 1.88. The lowest BCUT2D eigenvalue weighted by Crippen LogP contribution is -2.11. The molecule has 0 aromatic carbocycles. The first-order valence-electron chi connectivity index (χ1n) is 4.76. The van der Waals surface area contributed by atoms with E-state index in [2.05, 4.69) is 9.72 Å². The summed E-state index contributed by atoms with van der Waals surface area (Å²) in [5.41, 5.74) is 0.348. The molecule has 15 heavy (non-hydrogen) atoms. The molecule has 2 N–H and O–H groups in total. The topological polar surface area (TPSA) is 79.4 Å². The van der Waals surface area contributed by atoms with E-state index in [0.717, 1.165) is 18.9 Å². The van der Waals surface area contributed by atoms with Crippen molar-refractivity contribution in [2.24, 2.45) is 0 Å². The number of aromatic nitrogens is 1. The number of nitrogens with one attached hydrogen (secondary N) is 1. The lowest BCUT2D eigenvalue weighted by atomic mass is 10.2. The fourth-order valence-electron chi connectivity index (χ4n) is 1.23. The van der Waals surface area contributed by atoms with Gasteiger partial charge in [0.1, 0.15) is 5.75 Å². The van der Waals surface area contributed by atoms with Crippen LogP contribution in [-0.4, -0.2) is 16.2 Å². The molecule has 0 bridgehead atoms. The zero-order valence-corrected chi connectivity index (χ0v) is 8.45. The Morgan fingerprint density at radius 1 is 1.53 bits per heavy atom. The van der Waals surface area contributed by atoms with Crippen molar-refractivity contribution >= 4 is 6.16 Å². The summed E-state index contributed by atoms with van der Waals surface area (Å²) in [5, 5.41) is 8.39. The van der Waals surface area contributed by atoms with E-state index in [-0.39, 0.29) is 11.3 Å². The molecule has 1 heterocycles. The van der Waals surface area contributed by atoms with E-state index in [1.807, 2.05) is 6.92 Å². The second-order valence-electron chi connectivity index (χ2n) is 3.18. The molecule has 82 valence electrons. The maximum atomic E-state index is 11.1. The van der Waals surface area contributed by atoms with Gasteiger partial charge in [-0.05, 0) is 12.8 Å². The predicted octanol–water partition coefficient (Wildman–Crippen LogP) is 1.77. The monoisotopic (exact) mass is 211 g/mol. The fraction of sp³-hybridized carbons (Fsp3) is 0.400. The maximum absolute atomic E-state index is 11.1. The van der Waals surface area contributed by atoms with Crippen molar-refractivity contribution < 1.29 is 14.6 Å². The van der Waals surface area contributed by atoms with Crippen LogP contribution >= 0.6 is 0 Å². The molecule has 0 aliphatic heterocycles. The van der Waals surface area contributed by atoms with Crippen LogP contribution in [0.25, 0.3) is 0 Å². The van der Waals surface area contributed by atoms with Gasteiger partial charge in [-0.3, -0.25) is 4.79 Å². The molecule has 1 aromatic heterocycles. The van der Waals surface area contributed by atoms with Gasteiger partial charge in [-0.1, -0.05) is 13.3 Å². The molecule has 0 radical (unpaired) electrons. The van der Waals surface area contributed by atoms with Crippen molar-refractivity contribution in [3.8, 4) is 5.75 Å². The predicted molar refractivity (Wildman–Crippen MR) is 54.3 cm³/mol. The smallest absolute Gasteiger partial charge is 0.449 e. The summed E-state index contributed by atoms with van der Waals surface area (Å²) < 4.78 is 4.41. The average molecular weight is 211 g/mol. The lowest BCUT2D eigenvalue weighted by Gasteiger charge is -2.03. The van der Waals surface area contributed by atoms with Gasteiger partial charge in [-0.25, -0.2) is 4.79 Å². The summed E-state index contributed by atoms with van der Waals surface area (Å²) in [4.78, 5) is 24.0. The summed E-state index contributed by atoms with van der Waals surface area (Å²) in [6, 6.07) is 2.65. The highest BCUT2D eigenvalue weighted by Crippen LogP contribution is 2.10.